The second kappa shape index (κ2) is 3.09. The molecule has 0 spiro atoms. The van der Waals surface area contributed by atoms with Gasteiger partial charge in [-0.15, -0.1) is 0 Å². The third-order valence-electron chi connectivity index (χ3n) is 1.35. The maximum Gasteiger partial charge on any atom is 0.0453 e. The van der Waals surface area contributed by atoms with E-state index in [9.17, 15) is 0 Å². The molecular weight excluding hydrogens is 305 g/mol. The molecule has 0 aliphatic carbocycles. The van der Waals surface area contributed by atoms with E-state index in [-0.39, 0.29) is 0 Å². The van der Waals surface area contributed by atoms with Gasteiger partial charge in [-0.1, -0.05) is 15.9 Å². The van der Waals surface area contributed by atoms with Crippen LogP contribution in [0.15, 0.2) is 16.6 Å². The summed E-state index contributed by atoms with van der Waals surface area (Å²) >= 11 is 5.66. The standard InChI is InChI=1S/C7H7BrIN/c1-4-5(8)2-3-6(10)7(4)9/h2-3H,10H2,1H3. The minimum Gasteiger partial charge on any atom is -0.398 e. The second-order valence-corrected chi connectivity index (χ2v) is 4.01. The van der Waals surface area contributed by atoms with Gasteiger partial charge in [0, 0.05) is 13.7 Å². The molecule has 3 heteroatoms. The third kappa shape index (κ3) is 1.45. The first-order valence-electron chi connectivity index (χ1n) is 2.83. The van der Waals surface area contributed by atoms with Crippen molar-refractivity contribution in [3.63, 3.8) is 0 Å². The summed E-state index contributed by atoms with van der Waals surface area (Å²) in [4.78, 5) is 0. The van der Waals surface area contributed by atoms with Gasteiger partial charge in [0.05, 0.1) is 0 Å². The fourth-order valence-electron chi connectivity index (χ4n) is 0.682. The predicted molar refractivity (Wildman–Crippen MR) is 56.0 cm³/mol. The smallest absolute Gasteiger partial charge is 0.0453 e. The zero-order chi connectivity index (χ0) is 7.72. The van der Waals surface area contributed by atoms with E-state index < -0.39 is 0 Å². The summed E-state index contributed by atoms with van der Waals surface area (Å²) < 4.78 is 2.25. The summed E-state index contributed by atoms with van der Waals surface area (Å²) in [5, 5.41) is 0. The first kappa shape index (κ1) is 8.33. The molecule has 0 amide bonds. The molecule has 2 N–H and O–H groups in total. The lowest BCUT2D eigenvalue weighted by molar-refractivity contribution is 1.39. The quantitative estimate of drug-likeness (QED) is 0.578. The maximum absolute atomic E-state index is 5.66. The van der Waals surface area contributed by atoms with Gasteiger partial charge in [-0.2, -0.15) is 0 Å². The van der Waals surface area contributed by atoms with Crippen molar-refractivity contribution in [3.8, 4) is 0 Å². The van der Waals surface area contributed by atoms with Gasteiger partial charge in [-0.3, -0.25) is 0 Å². The lowest BCUT2D eigenvalue weighted by Gasteiger charge is -2.03. The summed E-state index contributed by atoms with van der Waals surface area (Å²) in [5.41, 5.74) is 7.72. The molecule has 54 valence electrons. The number of hydrogen-bond acceptors (Lipinski definition) is 1. The zero-order valence-corrected chi connectivity index (χ0v) is 9.23. The predicted octanol–water partition coefficient (Wildman–Crippen LogP) is 2.94. The molecule has 0 fully saturated rings. The fraction of sp³-hybridized carbons (Fsp3) is 0.143. The monoisotopic (exact) mass is 311 g/mol. The summed E-state index contributed by atoms with van der Waals surface area (Å²) in [6.07, 6.45) is 0. The van der Waals surface area contributed by atoms with Crippen LogP contribution in [0.2, 0.25) is 0 Å². The molecule has 1 nitrogen and oxygen atoms in total. The van der Waals surface area contributed by atoms with Crippen molar-refractivity contribution < 1.29 is 0 Å². The number of halogens is 2. The van der Waals surface area contributed by atoms with Gasteiger partial charge in [0.25, 0.3) is 0 Å². The highest BCUT2D eigenvalue weighted by Gasteiger charge is 2.01. The largest absolute Gasteiger partial charge is 0.398 e. The van der Waals surface area contributed by atoms with Crippen molar-refractivity contribution in [1.29, 1.82) is 0 Å². The van der Waals surface area contributed by atoms with E-state index in [4.69, 9.17) is 5.73 Å². The number of rotatable bonds is 0. The lowest BCUT2D eigenvalue weighted by atomic mass is 10.2. The van der Waals surface area contributed by atoms with Crippen LogP contribution >= 0.6 is 38.5 Å². The molecule has 10 heavy (non-hydrogen) atoms. The van der Waals surface area contributed by atoms with Crippen molar-refractivity contribution >= 4 is 44.2 Å². The Morgan fingerprint density at radius 1 is 1.50 bits per heavy atom. The fourth-order valence-corrected chi connectivity index (χ4v) is 1.85. The topological polar surface area (TPSA) is 26.0 Å². The number of hydrogen-bond donors (Lipinski definition) is 1. The van der Waals surface area contributed by atoms with Gasteiger partial charge in [0.2, 0.25) is 0 Å². The highest BCUT2D eigenvalue weighted by atomic mass is 127. The minimum absolute atomic E-state index is 0.848. The van der Waals surface area contributed by atoms with Crippen molar-refractivity contribution in [2.45, 2.75) is 6.92 Å². The summed E-state index contributed by atoms with van der Waals surface area (Å²) in [6.45, 7) is 2.04. The highest BCUT2D eigenvalue weighted by Crippen LogP contribution is 2.25. The number of benzene rings is 1. The Balaban J connectivity index is 3.34. The molecule has 0 saturated heterocycles. The first-order chi connectivity index (χ1) is 4.63. The van der Waals surface area contributed by atoms with Crippen LogP contribution in [0.3, 0.4) is 0 Å². The Bertz CT molecular complexity index is 233. The van der Waals surface area contributed by atoms with Gasteiger partial charge in [0.15, 0.2) is 0 Å². The second-order valence-electron chi connectivity index (χ2n) is 2.08. The highest BCUT2D eigenvalue weighted by molar-refractivity contribution is 14.1. The molecule has 1 rings (SSSR count). The number of anilines is 1. The van der Waals surface area contributed by atoms with Crippen molar-refractivity contribution in [3.05, 3.63) is 25.7 Å². The van der Waals surface area contributed by atoms with Crippen LogP contribution < -0.4 is 5.73 Å². The van der Waals surface area contributed by atoms with Crippen LogP contribution in [0.4, 0.5) is 5.69 Å². The van der Waals surface area contributed by atoms with E-state index in [1.165, 1.54) is 5.56 Å². The van der Waals surface area contributed by atoms with Crippen LogP contribution in [-0.4, -0.2) is 0 Å². The molecule has 0 radical (unpaired) electrons. The Morgan fingerprint density at radius 2 is 2.10 bits per heavy atom. The van der Waals surface area contributed by atoms with Gasteiger partial charge in [-0.25, -0.2) is 0 Å². The van der Waals surface area contributed by atoms with Crippen LogP contribution in [0.5, 0.6) is 0 Å². The Hall–Kier alpha value is 0.230. The van der Waals surface area contributed by atoms with Crippen molar-refractivity contribution in [1.82, 2.24) is 0 Å². The van der Waals surface area contributed by atoms with Crippen molar-refractivity contribution in [2.75, 3.05) is 5.73 Å². The molecule has 0 bridgehead atoms. The van der Waals surface area contributed by atoms with Crippen LogP contribution in [0.1, 0.15) is 5.56 Å². The average Bonchev–Trinajstić information content (AvgIpc) is 1.93. The Labute approximate surface area is 82.3 Å². The Kier molecular flexibility index (Phi) is 2.57. The molecular formula is C7H7BrIN. The van der Waals surface area contributed by atoms with Crippen LogP contribution in [0.25, 0.3) is 0 Å². The van der Waals surface area contributed by atoms with E-state index in [0.717, 1.165) is 13.7 Å². The van der Waals surface area contributed by atoms with E-state index in [1.54, 1.807) is 0 Å². The molecule has 1 aromatic rings. The third-order valence-corrected chi connectivity index (χ3v) is 3.64. The van der Waals surface area contributed by atoms with Crippen molar-refractivity contribution in [2.24, 2.45) is 0 Å². The number of nitrogen functional groups attached to an aromatic ring is 1. The van der Waals surface area contributed by atoms with Gasteiger partial charge < -0.3 is 5.73 Å². The molecule has 0 aromatic heterocycles. The maximum atomic E-state index is 5.66. The van der Waals surface area contributed by atoms with E-state index in [1.807, 2.05) is 19.1 Å². The summed E-state index contributed by atoms with van der Waals surface area (Å²) in [5.74, 6) is 0. The average molecular weight is 312 g/mol. The molecule has 0 aliphatic rings. The molecule has 1 aromatic carbocycles. The lowest BCUT2D eigenvalue weighted by Crippen LogP contribution is -1.91. The number of nitrogens with two attached hydrogens (primary N) is 1. The van der Waals surface area contributed by atoms with Crippen LogP contribution in [-0.2, 0) is 0 Å². The van der Waals surface area contributed by atoms with E-state index in [2.05, 4.69) is 38.5 Å². The van der Waals surface area contributed by atoms with E-state index in [0.29, 0.717) is 0 Å². The minimum atomic E-state index is 0.848. The summed E-state index contributed by atoms with van der Waals surface area (Å²) in [7, 11) is 0. The molecule has 0 aliphatic heterocycles. The first-order valence-corrected chi connectivity index (χ1v) is 4.70. The normalized spacial score (nSPS) is 9.90. The van der Waals surface area contributed by atoms with Gasteiger partial charge >= 0.3 is 0 Å². The van der Waals surface area contributed by atoms with E-state index >= 15 is 0 Å². The molecule has 0 saturated carbocycles. The molecule has 0 unspecified atom stereocenters. The van der Waals surface area contributed by atoms with Gasteiger partial charge in [0.1, 0.15) is 0 Å². The SMILES string of the molecule is Cc1c(Br)ccc(N)c1I. The molecule has 0 heterocycles. The zero-order valence-electron chi connectivity index (χ0n) is 5.49. The molecule has 0 atom stereocenters. The summed E-state index contributed by atoms with van der Waals surface area (Å²) in [6, 6.07) is 3.87. The van der Waals surface area contributed by atoms with Gasteiger partial charge in [-0.05, 0) is 47.2 Å². The van der Waals surface area contributed by atoms with Crippen LogP contribution in [0, 0.1) is 10.5 Å². The Morgan fingerprint density at radius 3 is 2.60 bits per heavy atom.